The molecule has 4 heteroatoms. The van der Waals surface area contributed by atoms with E-state index < -0.39 is 0 Å². The SMILES string of the molecule is O=C(CCc1ccn[nH]1)N1CC2(CCC2)c2ccccc21. The number of anilines is 1. The largest absolute Gasteiger partial charge is 0.311 e. The first kappa shape index (κ1) is 12.6. The molecule has 1 aliphatic carbocycles. The first-order valence-corrected chi connectivity index (χ1v) is 7.67. The Labute approximate surface area is 124 Å². The maximum atomic E-state index is 12.6. The number of carbonyl (C=O) groups excluding carboxylic acids is 1. The third-order valence-electron chi connectivity index (χ3n) is 5.01. The van der Waals surface area contributed by atoms with E-state index in [1.807, 2.05) is 17.0 Å². The summed E-state index contributed by atoms with van der Waals surface area (Å²) in [5.41, 5.74) is 3.78. The highest BCUT2D eigenvalue weighted by Crippen LogP contribution is 2.52. The van der Waals surface area contributed by atoms with Gasteiger partial charge in [-0.2, -0.15) is 5.10 Å². The number of aryl methyl sites for hydroxylation is 1. The first-order valence-electron chi connectivity index (χ1n) is 7.67. The number of aromatic amines is 1. The summed E-state index contributed by atoms with van der Waals surface area (Å²) in [5, 5.41) is 6.85. The van der Waals surface area contributed by atoms with Gasteiger partial charge in [0.15, 0.2) is 0 Å². The van der Waals surface area contributed by atoms with Crippen molar-refractivity contribution in [3.8, 4) is 0 Å². The Bertz CT molecular complexity index is 658. The zero-order chi connectivity index (χ0) is 14.3. The van der Waals surface area contributed by atoms with Crippen molar-refractivity contribution < 1.29 is 4.79 Å². The normalized spacial score (nSPS) is 18.6. The van der Waals surface area contributed by atoms with E-state index in [1.54, 1.807) is 6.20 Å². The molecule has 2 aliphatic rings. The number of carbonyl (C=O) groups is 1. The number of nitrogens with zero attached hydrogens (tertiary/aromatic N) is 2. The van der Waals surface area contributed by atoms with Crippen molar-refractivity contribution in [2.45, 2.75) is 37.5 Å². The van der Waals surface area contributed by atoms with Crippen LogP contribution in [0.1, 0.15) is 36.9 Å². The van der Waals surface area contributed by atoms with Crippen LogP contribution in [0.4, 0.5) is 5.69 Å². The van der Waals surface area contributed by atoms with Gasteiger partial charge in [0.05, 0.1) is 0 Å². The summed E-state index contributed by atoms with van der Waals surface area (Å²) < 4.78 is 0. The first-order chi connectivity index (χ1) is 10.3. The highest BCUT2D eigenvalue weighted by Gasteiger charge is 2.47. The fraction of sp³-hybridized carbons (Fsp3) is 0.412. The average molecular weight is 281 g/mol. The number of fused-ring (bicyclic) bond motifs is 2. The van der Waals surface area contributed by atoms with Crippen molar-refractivity contribution in [1.29, 1.82) is 0 Å². The number of H-pyrrole nitrogens is 1. The van der Waals surface area contributed by atoms with Crippen LogP contribution < -0.4 is 4.90 Å². The molecule has 1 fully saturated rings. The summed E-state index contributed by atoms with van der Waals surface area (Å²) in [5.74, 6) is 0.223. The van der Waals surface area contributed by atoms with Crippen LogP contribution in [0.5, 0.6) is 0 Å². The highest BCUT2D eigenvalue weighted by atomic mass is 16.2. The summed E-state index contributed by atoms with van der Waals surface area (Å²) in [7, 11) is 0. The van der Waals surface area contributed by atoms with Gasteiger partial charge >= 0.3 is 0 Å². The van der Waals surface area contributed by atoms with Crippen molar-refractivity contribution >= 4 is 11.6 Å². The molecule has 4 rings (SSSR count). The minimum Gasteiger partial charge on any atom is -0.311 e. The predicted octanol–water partition coefficient (Wildman–Crippen LogP) is 2.81. The third kappa shape index (κ3) is 1.97. The number of aromatic nitrogens is 2. The Kier molecular flexibility index (Phi) is 2.84. The zero-order valence-electron chi connectivity index (χ0n) is 12.0. The van der Waals surface area contributed by atoms with Gasteiger partial charge in [-0.1, -0.05) is 24.6 Å². The Morgan fingerprint density at radius 3 is 2.86 bits per heavy atom. The lowest BCUT2D eigenvalue weighted by atomic mass is 9.66. The van der Waals surface area contributed by atoms with E-state index in [4.69, 9.17) is 0 Å². The van der Waals surface area contributed by atoms with E-state index in [0.29, 0.717) is 6.42 Å². The standard InChI is InChI=1S/C17H19N3O/c21-16(7-6-13-8-11-18-19-13)20-12-17(9-3-10-17)14-4-1-2-5-15(14)20/h1-2,4-5,8,11H,3,6-7,9-10,12H2,(H,18,19). The molecule has 0 radical (unpaired) electrons. The van der Waals surface area contributed by atoms with Gasteiger partial charge < -0.3 is 4.90 Å². The monoisotopic (exact) mass is 281 g/mol. The number of hydrogen-bond acceptors (Lipinski definition) is 2. The minimum absolute atomic E-state index is 0.223. The number of hydrogen-bond donors (Lipinski definition) is 1. The summed E-state index contributed by atoms with van der Waals surface area (Å²) in [4.78, 5) is 14.6. The Morgan fingerprint density at radius 1 is 1.29 bits per heavy atom. The second-order valence-electron chi connectivity index (χ2n) is 6.21. The number of nitrogens with one attached hydrogen (secondary N) is 1. The van der Waals surface area contributed by atoms with Crippen LogP contribution in [0.3, 0.4) is 0 Å². The topological polar surface area (TPSA) is 49.0 Å². The molecule has 4 nitrogen and oxygen atoms in total. The molecule has 108 valence electrons. The lowest BCUT2D eigenvalue weighted by molar-refractivity contribution is -0.118. The maximum absolute atomic E-state index is 12.6. The van der Waals surface area contributed by atoms with Crippen molar-refractivity contribution in [2.24, 2.45) is 0 Å². The molecule has 1 aliphatic heterocycles. The molecule has 1 spiro atoms. The van der Waals surface area contributed by atoms with E-state index >= 15 is 0 Å². The lowest BCUT2D eigenvalue weighted by Gasteiger charge is -2.39. The quantitative estimate of drug-likeness (QED) is 0.940. The second-order valence-corrected chi connectivity index (χ2v) is 6.21. The second kappa shape index (κ2) is 4.72. The number of rotatable bonds is 3. The van der Waals surface area contributed by atoms with Crippen molar-refractivity contribution in [1.82, 2.24) is 10.2 Å². The Morgan fingerprint density at radius 2 is 2.14 bits per heavy atom. The van der Waals surface area contributed by atoms with E-state index in [2.05, 4.69) is 28.4 Å². The molecule has 1 aromatic heterocycles. The van der Waals surface area contributed by atoms with E-state index in [1.165, 1.54) is 24.8 Å². The fourth-order valence-electron chi connectivity index (χ4n) is 3.68. The van der Waals surface area contributed by atoms with Gasteiger partial charge in [-0.15, -0.1) is 0 Å². The molecule has 0 saturated heterocycles. The summed E-state index contributed by atoms with van der Waals surface area (Å²) in [6.07, 6.45) is 6.71. The van der Waals surface area contributed by atoms with E-state index in [-0.39, 0.29) is 11.3 Å². The number of benzene rings is 1. The molecule has 1 saturated carbocycles. The Hall–Kier alpha value is -2.10. The molecule has 1 amide bonds. The number of para-hydroxylation sites is 1. The van der Waals surface area contributed by atoms with Gasteiger partial charge in [0.1, 0.15) is 0 Å². The van der Waals surface area contributed by atoms with Crippen molar-refractivity contribution in [2.75, 3.05) is 11.4 Å². The lowest BCUT2D eigenvalue weighted by Crippen LogP contribution is -2.41. The zero-order valence-corrected chi connectivity index (χ0v) is 12.0. The Balaban J connectivity index is 1.54. The van der Waals surface area contributed by atoms with Crippen LogP contribution in [0, 0.1) is 0 Å². The van der Waals surface area contributed by atoms with Gasteiger partial charge in [-0.05, 0) is 37.0 Å². The highest BCUT2D eigenvalue weighted by molar-refractivity contribution is 5.96. The van der Waals surface area contributed by atoms with Gasteiger partial charge in [0.2, 0.25) is 5.91 Å². The molecule has 2 heterocycles. The molecule has 1 N–H and O–H groups in total. The predicted molar refractivity (Wildman–Crippen MR) is 81.2 cm³/mol. The third-order valence-corrected chi connectivity index (χ3v) is 5.01. The maximum Gasteiger partial charge on any atom is 0.227 e. The molecule has 21 heavy (non-hydrogen) atoms. The molecule has 0 unspecified atom stereocenters. The summed E-state index contributed by atoms with van der Waals surface area (Å²) >= 11 is 0. The van der Waals surface area contributed by atoms with Gasteiger partial charge in [-0.25, -0.2) is 0 Å². The summed E-state index contributed by atoms with van der Waals surface area (Å²) in [6.45, 7) is 0.869. The van der Waals surface area contributed by atoms with Gasteiger partial charge in [0, 0.05) is 36.0 Å². The van der Waals surface area contributed by atoms with Gasteiger partial charge in [-0.3, -0.25) is 9.89 Å². The van der Waals surface area contributed by atoms with Crippen LogP contribution in [-0.4, -0.2) is 22.6 Å². The fourth-order valence-corrected chi connectivity index (χ4v) is 3.68. The molecule has 0 bridgehead atoms. The van der Waals surface area contributed by atoms with Crippen molar-refractivity contribution in [3.63, 3.8) is 0 Å². The minimum atomic E-state index is 0.223. The molecular formula is C17H19N3O. The van der Waals surface area contributed by atoms with E-state index in [0.717, 1.165) is 24.3 Å². The molecular weight excluding hydrogens is 262 g/mol. The van der Waals surface area contributed by atoms with Crippen LogP contribution in [0.15, 0.2) is 36.5 Å². The van der Waals surface area contributed by atoms with Crippen LogP contribution >= 0.6 is 0 Å². The smallest absolute Gasteiger partial charge is 0.227 e. The van der Waals surface area contributed by atoms with E-state index in [9.17, 15) is 4.79 Å². The number of amides is 1. The van der Waals surface area contributed by atoms with Crippen LogP contribution in [0.2, 0.25) is 0 Å². The summed E-state index contributed by atoms with van der Waals surface area (Å²) in [6, 6.07) is 10.4. The van der Waals surface area contributed by atoms with Crippen LogP contribution in [-0.2, 0) is 16.6 Å². The molecule has 0 atom stereocenters. The average Bonchev–Trinajstić information content (AvgIpc) is 3.10. The van der Waals surface area contributed by atoms with Crippen LogP contribution in [0.25, 0.3) is 0 Å². The molecule has 1 aromatic carbocycles. The van der Waals surface area contributed by atoms with Gasteiger partial charge in [0.25, 0.3) is 0 Å². The molecule has 2 aromatic rings. The van der Waals surface area contributed by atoms with Crippen molar-refractivity contribution in [3.05, 3.63) is 47.8 Å².